The van der Waals surface area contributed by atoms with Gasteiger partial charge in [0.15, 0.2) is 0 Å². The predicted molar refractivity (Wildman–Crippen MR) is 78.1 cm³/mol. The smallest absolute Gasteiger partial charge is 0.286 e. The van der Waals surface area contributed by atoms with Gasteiger partial charge < -0.3 is 10.6 Å². The molecule has 0 saturated carbocycles. The number of halogens is 2. The first kappa shape index (κ1) is 14.7. The van der Waals surface area contributed by atoms with E-state index in [1.807, 2.05) is 6.92 Å². The van der Waals surface area contributed by atoms with Gasteiger partial charge in [0.25, 0.3) is 5.91 Å². The summed E-state index contributed by atoms with van der Waals surface area (Å²) in [5, 5.41) is 13.8. The highest BCUT2D eigenvalue weighted by molar-refractivity contribution is 7.17. The molecule has 0 saturated heterocycles. The number of anilines is 2. The SMILES string of the molecule is CCCNc1nnc(C(=O)Nc2c(F)cccc2Cl)s1. The van der Waals surface area contributed by atoms with Gasteiger partial charge in [-0.15, -0.1) is 10.2 Å². The number of para-hydroxylation sites is 1. The highest BCUT2D eigenvalue weighted by Crippen LogP contribution is 2.25. The first-order chi connectivity index (χ1) is 9.61. The molecule has 1 aromatic heterocycles. The van der Waals surface area contributed by atoms with E-state index in [1.165, 1.54) is 18.2 Å². The standard InChI is InChI=1S/C12H12ClFN4OS/c1-2-6-15-12-18-17-11(20-12)10(19)16-9-7(13)4-3-5-8(9)14/h3-5H,2,6H2,1H3,(H,15,18)(H,16,19). The molecule has 0 spiro atoms. The van der Waals surface area contributed by atoms with Crippen molar-refractivity contribution in [2.24, 2.45) is 0 Å². The molecule has 2 aromatic rings. The molecule has 2 N–H and O–H groups in total. The Morgan fingerprint density at radius 3 is 2.95 bits per heavy atom. The van der Waals surface area contributed by atoms with Crippen LogP contribution in [0.3, 0.4) is 0 Å². The number of rotatable bonds is 5. The predicted octanol–water partition coefficient (Wildman–Crippen LogP) is 3.40. The molecule has 0 unspecified atom stereocenters. The molecule has 2 rings (SSSR count). The summed E-state index contributed by atoms with van der Waals surface area (Å²) in [6.07, 6.45) is 0.936. The lowest BCUT2D eigenvalue weighted by molar-refractivity contribution is 0.102. The van der Waals surface area contributed by atoms with Crippen molar-refractivity contribution >= 4 is 39.7 Å². The number of aromatic nitrogens is 2. The van der Waals surface area contributed by atoms with Crippen LogP contribution in [0.5, 0.6) is 0 Å². The Morgan fingerprint density at radius 1 is 1.45 bits per heavy atom. The molecule has 1 aromatic carbocycles. The lowest BCUT2D eigenvalue weighted by Gasteiger charge is -2.05. The van der Waals surface area contributed by atoms with Crippen LogP contribution < -0.4 is 10.6 Å². The van der Waals surface area contributed by atoms with Gasteiger partial charge >= 0.3 is 0 Å². The number of amides is 1. The van der Waals surface area contributed by atoms with Crippen molar-refractivity contribution < 1.29 is 9.18 Å². The van der Waals surface area contributed by atoms with Crippen LogP contribution in [0.4, 0.5) is 15.2 Å². The second-order valence-electron chi connectivity index (χ2n) is 3.89. The van der Waals surface area contributed by atoms with Crippen molar-refractivity contribution in [1.82, 2.24) is 10.2 Å². The number of hydrogen-bond donors (Lipinski definition) is 2. The summed E-state index contributed by atoms with van der Waals surface area (Å²) >= 11 is 6.94. The number of carbonyl (C=O) groups excluding carboxylic acids is 1. The van der Waals surface area contributed by atoms with Crippen molar-refractivity contribution in [3.05, 3.63) is 34.0 Å². The van der Waals surface area contributed by atoms with Gasteiger partial charge in [-0.25, -0.2) is 4.39 Å². The van der Waals surface area contributed by atoms with E-state index < -0.39 is 11.7 Å². The van der Waals surface area contributed by atoms with E-state index in [2.05, 4.69) is 20.8 Å². The summed E-state index contributed by atoms with van der Waals surface area (Å²) < 4.78 is 13.6. The van der Waals surface area contributed by atoms with Gasteiger partial charge in [0.05, 0.1) is 10.7 Å². The zero-order chi connectivity index (χ0) is 14.5. The maximum absolute atomic E-state index is 13.6. The molecular formula is C12H12ClFN4OS. The van der Waals surface area contributed by atoms with E-state index in [-0.39, 0.29) is 15.7 Å². The van der Waals surface area contributed by atoms with Gasteiger partial charge in [0.1, 0.15) is 5.82 Å². The minimum absolute atomic E-state index is 0.0579. The lowest BCUT2D eigenvalue weighted by atomic mass is 10.3. The highest BCUT2D eigenvalue weighted by Gasteiger charge is 2.16. The van der Waals surface area contributed by atoms with Crippen molar-refractivity contribution in [3.8, 4) is 0 Å². The second kappa shape index (κ2) is 6.62. The quantitative estimate of drug-likeness (QED) is 0.887. The van der Waals surface area contributed by atoms with Gasteiger partial charge in [-0.2, -0.15) is 0 Å². The number of benzene rings is 1. The Labute approximate surface area is 124 Å². The van der Waals surface area contributed by atoms with E-state index in [4.69, 9.17) is 11.6 Å². The molecule has 20 heavy (non-hydrogen) atoms. The largest absolute Gasteiger partial charge is 0.360 e. The average Bonchev–Trinajstić information content (AvgIpc) is 2.89. The number of carbonyl (C=O) groups is 1. The first-order valence-corrected chi connectivity index (χ1v) is 7.14. The summed E-state index contributed by atoms with van der Waals surface area (Å²) in [6, 6.07) is 4.18. The molecule has 0 aliphatic heterocycles. The number of hydrogen-bond acceptors (Lipinski definition) is 5. The Kier molecular flexibility index (Phi) is 4.86. The summed E-state index contributed by atoms with van der Waals surface area (Å²) in [7, 11) is 0. The van der Waals surface area contributed by atoms with Crippen LogP contribution in [0, 0.1) is 5.82 Å². The Balaban J connectivity index is 2.10. The molecule has 1 amide bonds. The van der Waals surface area contributed by atoms with Crippen molar-refractivity contribution in [3.63, 3.8) is 0 Å². The van der Waals surface area contributed by atoms with Gasteiger partial charge in [-0.05, 0) is 18.6 Å². The normalized spacial score (nSPS) is 10.3. The molecule has 8 heteroatoms. The molecule has 0 fully saturated rings. The maximum atomic E-state index is 13.6. The third-order valence-electron chi connectivity index (χ3n) is 2.35. The molecule has 1 heterocycles. The molecule has 0 aliphatic carbocycles. The first-order valence-electron chi connectivity index (χ1n) is 5.94. The summed E-state index contributed by atoms with van der Waals surface area (Å²) in [5.41, 5.74) is -0.0579. The zero-order valence-electron chi connectivity index (χ0n) is 10.6. The fourth-order valence-corrected chi connectivity index (χ4v) is 2.28. The second-order valence-corrected chi connectivity index (χ2v) is 5.27. The van der Waals surface area contributed by atoms with E-state index in [0.29, 0.717) is 5.13 Å². The van der Waals surface area contributed by atoms with Crippen LogP contribution in [-0.4, -0.2) is 22.6 Å². The van der Waals surface area contributed by atoms with Gasteiger partial charge in [-0.1, -0.05) is 35.9 Å². The Hall–Kier alpha value is -1.73. The minimum atomic E-state index is -0.598. The number of nitrogens with one attached hydrogen (secondary N) is 2. The van der Waals surface area contributed by atoms with Crippen LogP contribution in [0.2, 0.25) is 5.02 Å². The third kappa shape index (κ3) is 3.43. The zero-order valence-corrected chi connectivity index (χ0v) is 12.2. The molecule has 106 valence electrons. The molecule has 0 atom stereocenters. The summed E-state index contributed by atoms with van der Waals surface area (Å²) in [6.45, 7) is 2.76. The Morgan fingerprint density at radius 2 is 2.25 bits per heavy atom. The van der Waals surface area contributed by atoms with Crippen LogP contribution in [0.15, 0.2) is 18.2 Å². The fraction of sp³-hybridized carbons (Fsp3) is 0.250. The maximum Gasteiger partial charge on any atom is 0.286 e. The highest BCUT2D eigenvalue weighted by atomic mass is 35.5. The minimum Gasteiger partial charge on any atom is -0.360 e. The monoisotopic (exact) mass is 314 g/mol. The fourth-order valence-electron chi connectivity index (χ4n) is 1.40. The molecule has 0 aliphatic rings. The average molecular weight is 315 g/mol. The van der Waals surface area contributed by atoms with E-state index in [0.717, 1.165) is 24.3 Å². The lowest BCUT2D eigenvalue weighted by Crippen LogP contribution is -2.13. The van der Waals surface area contributed by atoms with Crippen molar-refractivity contribution in [2.75, 3.05) is 17.2 Å². The van der Waals surface area contributed by atoms with E-state index >= 15 is 0 Å². The van der Waals surface area contributed by atoms with Gasteiger partial charge in [0.2, 0.25) is 10.1 Å². The topological polar surface area (TPSA) is 66.9 Å². The van der Waals surface area contributed by atoms with Gasteiger partial charge in [-0.3, -0.25) is 4.79 Å². The van der Waals surface area contributed by atoms with Crippen molar-refractivity contribution in [1.29, 1.82) is 0 Å². The van der Waals surface area contributed by atoms with Crippen molar-refractivity contribution in [2.45, 2.75) is 13.3 Å². The van der Waals surface area contributed by atoms with E-state index in [9.17, 15) is 9.18 Å². The van der Waals surface area contributed by atoms with Gasteiger partial charge in [0, 0.05) is 6.54 Å². The summed E-state index contributed by atoms with van der Waals surface area (Å²) in [4.78, 5) is 11.9. The van der Waals surface area contributed by atoms with Crippen LogP contribution >= 0.6 is 22.9 Å². The molecule has 0 radical (unpaired) electrons. The number of nitrogens with zero attached hydrogens (tertiary/aromatic N) is 2. The third-order valence-corrected chi connectivity index (χ3v) is 3.54. The molecule has 5 nitrogen and oxygen atoms in total. The Bertz CT molecular complexity index is 599. The molecular weight excluding hydrogens is 303 g/mol. The summed E-state index contributed by atoms with van der Waals surface area (Å²) in [5.74, 6) is -1.14. The van der Waals surface area contributed by atoms with Crippen LogP contribution in [0.25, 0.3) is 0 Å². The molecule has 0 bridgehead atoms. The van der Waals surface area contributed by atoms with E-state index in [1.54, 1.807) is 0 Å². The van der Waals surface area contributed by atoms with Crippen LogP contribution in [0.1, 0.15) is 23.1 Å². The van der Waals surface area contributed by atoms with Crippen LogP contribution in [-0.2, 0) is 0 Å².